The Kier molecular flexibility index (Phi) is 5.82. The summed E-state index contributed by atoms with van der Waals surface area (Å²) >= 11 is 0. The number of nitrogens with two attached hydrogens (primary N) is 1. The van der Waals surface area contributed by atoms with E-state index in [-0.39, 0.29) is 23.9 Å². The van der Waals surface area contributed by atoms with Crippen molar-refractivity contribution in [2.45, 2.75) is 71.3 Å². The fraction of sp³-hybridized carbons (Fsp3) is 0.944. The van der Waals surface area contributed by atoms with E-state index in [1.54, 1.807) is 0 Å². The Labute approximate surface area is 141 Å². The molecule has 1 aliphatic heterocycles. The Morgan fingerprint density at radius 3 is 2.41 bits per heavy atom. The lowest BCUT2D eigenvalue weighted by Crippen LogP contribution is -2.55. The van der Waals surface area contributed by atoms with Crippen LogP contribution in [0.2, 0.25) is 0 Å². The summed E-state index contributed by atoms with van der Waals surface area (Å²) in [6.45, 7) is 6.12. The molecule has 1 heterocycles. The normalized spacial score (nSPS) is 37.9. The molecule has 0 aromatic carbocycles. The summed E-state index contributed by atoms with van der Waals surface area (Å²) in [6.07, 6.45) is 10.1. The minimum absolute atomic E-state index is 0. The highest BCUT2D eigenvalue weighted by Gasteiger charge is 2.40. The molecule has 3 nitrogen and oxygen atoms in total. The van der Waals surface area contributed by atoms with Gasteiger partial charge in [0.15, 0.2) is 0 Å². The Morgan fingerprint density at radius 1 is 1.05 bits per heavy atom. The van der Waals surface area contributed by atoms with E-state index in [1.165, 1.54) is 32.1 Å². The van der Waals surface area contributed by atoms with E-state index in [0.717, 1.165) is 44.2 Å². The zero-order chi connectivity index (χ0) is 15.0. The monoisotopic (exact) mass is 328 g/mol. The van der Waals surface area contributed by atoms with Gasteiger partial charge in [-0.15, -0.1) is 12.4 Å². The van der Waals surface area contributed by atoms with E-state index in [0.29, 0.717) is 11.8 Å². The zero-order valence-electron chi connectivity index (χ0n) is 14.2. The molecule has 2 aliphatic carbocycles. The summed E-state index contributed by atoms with van der Waals surface area (Å²) in [5.74, 6) is 2.49. The summed E-state index contributed by atoms with van der Waals surface area (Å²) in [5.41, 5.74) is 6.27. The minimum Gasteiger partial charge on any atom is -0.342 e. The standard InChI is InChI=1S/C18H32N2O.ClH/c1-18(2)12-20(10-9-16(18)19)17(21)15-8-7-13-5-3-4-6-14(13)11-15;/h13-16H,3-12,19H2,1-2H3;1H. The highest BCUT2D eigenvalue weighted by atomic mass is 35.5. The van der Waals surface area contributed by atoms with E-state index < -0.39 is 0 Å². The summed E-state index contributed by atoms with van der Waals surface area (Å²) in [6, 6.07) is 0.232. The number of hydrogen-bond acceptors (Lipinski definition) is 2. The number of carbonyl (C=O) groups excluding carboxylic acids is 1. The van der Waals surface area contributed by atoms with Crippen LogP contribution in [0.1, 0.15) is 65.2 Å². The summed E-state index contributed by atoms with van der Waals surface area (Å²) < 4.78 is 0. The van der Waals surface area contributed by atoms with Crippen molar-refractivity contribution in [3.8, 4) is 0 Å². The number of carbonyl (C=O) groups is 1. The van der Waals surface area contributed by atoms with E-state index >= 15 is 0 Å². The van der Waals surface area contributed by atoms with Gasteiger partial charge in [-0.3, -0.25) is 4.79 Å². The number of piperidine rings is 1. The Morgan fingerprint density at radius 2 is 1.73 bits per heavy atom. The van der Waals surface area contributed by atoms with Crippen LogP contribution in [0.3, 0.4) is 0 Å². The summed E-state index contributed by atoms with van der Waals surface area (Å²) in [7, 11) is 0. The van der Waals surface area contributed by atoms with E-state index in [4.69, 9.17) is 5.73 Å². The maximum absolute atomic E-state index is 12.9. The second kappa shape index (κ2) is 7.09. The first-order valence-electron chi connectivity index (χ1n) is 9.02. The smallest absolute Gasteiger partial charge is 0.225 e. The number of nitrogens with zero attached hydrogens (tertiary/aromatic N) is 1. The largest absolute Gasteiger partial charge is 0.342 e. The molecule has 1 saturated heterocycles. The molecular weight excluding hydrogens is 296 g/mol. The molecule has 128 valence electrons. The highest BCUT2D eigenvalue weighted by Crippen LogP contribution is 2.43. The lowest BCUT2D eigenvalue weighted by Gasteiger charge is -2.45. The van der Waals surface area contributed by atoms with E-state index in [1.807, 2.05) is 0 Å². The molecule has 3 fully saturated rings. The van der Waals surface area contributed by atoms with E-state index in [2.05, 4.69) is 18.7 Å². The van der Waals surface area contributed by atoms with Gasteiger partial charge in [0.25, 0.3) is 0 Å². The average molecular weight is 329 g/mol. The predicted octanol–water partition coefficient (Wildman–Crippen LogP) is 3.60. The minimum atomic E-state index is 0. The highest BCUT2D eigenvalue weighted by molar-refractivity contribution is 5.85. The van der Waals surface area contributed by atoms with Gasteiger partial charge in [0.2, 0.25) is 5.91 Å². The molecule has 0 aromatic heterocycles. The summed E-state index contributed by atoms with van der Waals surface area (Å²) in [5, 5.41) is 0. The molecule has 4 unspecified atom stereocenters. The molecule has 0 spiro atoms. The lowest BCUT2D eigenvalue weighted by atomic mass is 9.67. The molecule has 0 radical (unpaired) electrons. The van der Waals surface area contributed by atoms with Gasteiger partial charge in [-0.2, -0.15) is 0 Å². The molecule has 3 rings (SSSR count). The molecule has 4 atom stereocenters. The molecule has 0 bridgehead atoms. The fourth-order valence-electron chi connectivity index (χ4n) is 4.92. The van der Waals surface area contributed by atoms with Crippen molar-refractivity contribution >= 4 is 18.3 Å². The maximum atomic E-state index is 12.9. The van der Waals surface area contributed by atoms with Gasteiger partial charge in [0, 0.05) is 25.0 Å². The van der Waals surface area contributed by atoms with Crippen LogP contribution in [0.4, 0.5) is 0 Å². The predicted molar refractivity (Wildman–Crippen MR) is 93.0 cm³/mol. The third kappa shape index (κ3) is 3.62. The van der Waals surface area contributed by atoms with Crippen LogP contribution < -0.4 is 5.73 Å². The van der Waals surface area contributed by atoms with Gasteiger partial charge in [0.05, 0.1) is 0 Å². The molecular formula is C18H33ClN2O. The number of fused-ring (bicyclic) bond motifs is 1. The Bertz CT molecular complexity index is 399. The van der Waals surface area contributed by atoms with Crippen LogP contribution in [0.5, 0.6) is 0 Å². The third-order valence-electron chi connectivity index (χ3n) is 6.51. The van der Waals surface area contributed by atoms with Gasteiger partial charge >= 0.3 is 0 Å². The van der Waals surface area contributed by atoms with E-state index in [9.17, 15) is 4.79 Å². The second-order valence-corrected chi connectivity index (χ2v) is 8.46. The Balaban J connectivity index is 0.00000176. The van der Waals surface area contributed by atoms with Crippen LogP contribution in [-0.2, 0) is 4.79 Å². The number of rotatable bonds is 1. The first-order chi connectivity index (χ1) is 9.97. The molecule has 3 aliphatic rings. The number of hydrogen-bond donors (Lipinski definition) is 1. The zero-order valence-corrected chi connectivity index (χ0v) is 15.0. The summed E-state index contributed by atoms with van der Waals surface area (Å²) in [4.78, 5) is 15.0. The molecule has 0 aromatic rings. The van der Waals surface area contributed by atoms with Gasteiger partial charge in [0.1, 0.15) is 0 Å². The van der Waals surface area contributed by atoms with Crippen molar-refractivity contribution in [3.63, 3.8) is 0 Å². The lowest BCUT2D eigenvalue weighted by molar-refractivity contribution is -0.141. The third-order valence-corrected chi connectivity index (χ3v) is 6.51. The fourth-order valence-corrected chi connectivity index (χ4v) is 4.92. The van der Waals surface area contributed by atoms with Crippen molar-refractivity contribution < 1.29 is 4.79 Å². The van der Waals surface area contributed by atoms with Gasteiger partial charge in [-0.05, 0) is 42.9 Å². The molecule has 1 amide bonds. The Hall–Kier alpha value is -0.280. The van der Waals surface area contributed by atoms with Crippen molar-refractivity contribution in [2.75, 3.05) is 13.1 Å². The van der Waals surface area contributed by atoms with Crippen molar-refractivity contribution in [2.24, 2.45) is 28.9 Å². The van der Waals surface area contributed by atoms with Crippen molar-refractivity contribution in [1.29, 1.82) is 0 Å². The van der Waals surface area contributed by atoms with Gasteiger partial charge in [-0.25, -0.2) is 0 Å². The van der Waals surface area contributed by atoms with Gasteiger partial charge in [-0.1, -0.05) is 39.5 Å². The van der Waals surface area contributed by atoms with Crippen molar-refractivity contribution in [1.82, 2.24) is 4.90 Å². The first kappa shape index (κ1) is 18.1. The first-order valence-corrected chi connectivity index (χ1v) is 9.02. The van der Waals surface area contributed by atoms with Crippen LogP contribution in [0, 0.1) is 23.2 Å². The molecule has 2 saturated carbocycles. The second-order valence-electron chi connectivity index (χ2n) is 8.46. The average Bonchev–Trinajstić information content (AvgIpc) is 2.48. The number of halogens is 1. The molecule has 2 N–H and O–H groups in total. The molecule has 22 heavy (non-hydrogen) atoms. The maximum Gasteiger partial charge on any atom is 0.225 e. The quantitative estimate of drug-likeness (QED) is 0.799. The van der Waals surface area contributed by atoms with Crippen LogP contribution in [0.25, 0.3) is 0 Å². The van der Waals surface area contributed by atoms with Crippen LogP contribution in [0.15, 0.2) is 0 Å². The topological polar surface area (TPSA) is 46.3 Å². The molecule has 4 heteroatoms. The van der Waals surface area contributed by atoms with Crippen LogP contribution >= 0.6 is 12.4 Å². The van der Waals surface area contributed by atoms with Gasteiger partial charge < -0.3 is 10.6 Å². The van der Waals surface area contributed by atoms with Crippen LogP contribution in [-0.4, -0.2) is 29.9 Å². The number of likely N-dealkylation sites (tertiary alicyclic amines) is 1. The van der Waals surface area contributed by atoms with Crippen molar-refractivity contribution in [3.05, 3.63) is 0 Å². The SMILES string of the molecule is CC1(C)CN(C(=O)C2CCC3CCCCC3C2)CCC1N.Cl. The number of amides is 1.